The number of aromatic amines is 1. The fourth-order valence-electron chi connectivity index (χ4n) is 1.91. The van der Waals surface area contributed by atoms with Crippen molar-refractivity contribution in [2.45, 2.75) is 31.0 Å². The van der Waals surface area contributed by atoms with Gasteiger partial charge in [-0.3, -0.25) is 9.36 Å². The number of hydrogen-bond acceptors (Lipinski definition) is 4. The molecule has 0 aromatic carbocycles. The summed E-state index contributed by atoms with van der Waals surface area (Å²) >= 11 is 1.08. The van der Waals surface area contributed by atoms with Gasteiger partial charge in [0.05, 0.1) is 5.75 Å². The van der Waals surface area contributed by atoms with Crippen molar-refractivity contribution < 1.29 is 9.90 Å². The Kier molecular flexibility index (Phi) is 3.04. The Hall–Kier alpha value is -1.24. The lowest BCUT2D eigenvalue weighted by Crippen LogP contribution is -2.32. The van der Waals surface area contributed by atoms with Crippen molar-refractivity contribution in [1.82, 2.24) is 14.8 Å². The Morgan fingerprint density at radius 3 is 2.94 bits per heavy atom. The lowest BCUT2D eigenvalue weighted by Gasteiger charge is -2.33. The normalized spacial score (nSPS) is 24.1. The van der Waals surface area contributed by atoms with Crippen LogP contribution < -0.4 is 5.69 Å². The molecule has 0 spiro atoms. The van der Waals surface area contributed by atoms with Crippen LogP contribution in [-0.2, 0) is 4.79 Å². The molecule has 16 heavy (non-hydrogen) atoms. The monoisotopic (exact) mass is 243 g/mol. The zero-order valence-corrected chi connectivity index (χ0v) is 9.66. The second kappa shape index (κ2) is 4.32. The topological polar surface area (TPSA) is 88.0 Å². The number of H-pyrrole nitrogens is 1. The molecule has 0 aliphatic heterocycles. The van der Waals surface area contributed by atoms with Crippen molar-refractivity contribution in [3.05, 3.63) is 10.5 Å². The number of aromatic nitrogens is 3. The van der Waals surface area contributed by atoms with Crippen LogP contribution >= 0.6 is 11.8 Å². The number of carbonyl (C=O) groups is 1. The van der Waals surface area contributed by atoms with Gasteiger partial charge < -0.3 is 5.11 Å². The standard InChI is InChI=1S/C9H13N3O3S/c1-5-2-6(3-5)12-8(15)10-11-9(12)16-4-7(13)14/h5-6H,2-4H2,1H3,(H,10,15)(H,13,14). The van der Waals surface area contributed by atoms with E-state index in [0.29, 0.717) is 11.1 Å². The van der Waals surface area contributed by atoms with E-state index in [1.807, 2.05) is 0 Å². The van der Waals surface area contributed by atoms with Gasteiger partial charge in [-0.1, -0.05) is 18.7 Å². The summed E-state index contributed by atoms with van der Waals surface area (Å²) < 4.78 is 1.58. The van der Waals surface area contributed by atoms with E-state index >= 15 is 0 Å². The zero-order chi connectivity index (χ0) is 11.7. The lowest BCUT2D eigenvalue weighted by molar-refractivity contribution is -0.133. The van der Waals surface area contributed by atoms with Crippen molar-refractivity contribution in [2.24, 2.45) is 5.92 Å². The smallest absolute Gasteiger partial charge is 0.344 e. The van der Waals surface area contributed by atoms with Crippen LogP contribution in [0.15, 0.2) is 9.95 Å². The van der Waals surface area contributed by atoms with Gasteiger partial charge in [0.15, 0.2) is 5.16 Å². The van der Waals surface area contributed by atoms with Gasteiger partial charge in [-0.15, -0.1) is 5.10 Å². The SMILES string of the molecule is CC1CC(n2c(SCC(=O)O)n[nH]c2=O)C1. The number of nitrogens with zero attached hydrogens (tertiary/aromatic N) is 2. The fourth-order valence-corrected chi connectivity index (χ4v) is 2.64. The highest BCUT2D eigenvalue weighted by atomic mass is 32.2. The molecule has 0 radical (unpaired) electrons. The summed E-state index contributed by atoms with van der Waals surface area (Å²) in [6.45, 7) is 2.13. The quantitative estimate of drug-likeness (QED) is 0.761. The number of carboxylic acids is 1. The van der Waals surface area contributed by atoms with Crippen molar-refractivity contribution >= 4 is 17.7 Å². The van der Waals surface area contributed by atoms with E-state index in [-0.39, 0.29) is 17.5 Å². The molecule has 2 N–H and O–H groups in total. The van der Waals surface area contributed by atoms with Gasteiger partial charge in [0.25, 0.3) is 0 Å². The molecule has 1 aromatic heterocycles. The third-order valence-corrected chi connectivity index (χ3v) is 3.65. The summed E-state index contributed by atoms with van der Waals surface area (Å²) in [6.07, 6.45) is 1.92. The second-order valence-electron chi connectivity index (χ2n) is 4.09. The molecule has 0 bridgehead atoms. The van der Waals surface area contributed by atoms with Crippen LogP contribution in [-0.4, -0.2) is 31.6 Å². The maximum absolute atomic E-state index is 11.5. The van der Waals surface area contributed by atoms with Crippen molar-refractivity contribution in [2.75, 3.05) is 5.75 Å². The van der Waals surface area contributed by atoms with Gasteiger partial charge in [0.2, 0.25) is 0 Å². The highest BCUT2D eigenvalue weighted by Gasteiger charge is 2.30. The van der Waals surface area contributed by atoms with Crippen LogP contribution in [0.3, 0.4) is 0 Å². The molecule has 0 unspecified atom stereocenters. The summed E-state index contributed by atoms with van der Waals surface area (Å²) in [5.41, 5.74) is -0.246. The Bertz CT molecular complexity index is 447. The Balaban J connectivity index is 2.13. The summed E-state index contributed by atoms with van der Waals surface area (Å²) in [5.74, 6) is -0.356. The molecule has 0 amide bonds. The molecule has 1 saturated carbocycles. The first-order valence-corrected chi connectivity index (χ1v) is 6.08. The number of carboxylic acid groups (broad SMARTS) is 1. The molecule has 1 aromatic rings. The van der Waals surface area contributed by atoms with Crippen LogP contribution in [0, 0.1) is 5.92 Å². The van der Waals surface area contributed by atoms with E-state index in [2.05, 4.69) is 17.1 Å². The first-order chi connectivity index (χ1) is 7.58. The molecule has 1 heterocycles. The van der Waals surface area contributed by atoms with E-state index in [0.717, 1.165) is 24.6 Å². The predicted octanol–water partition coefficient (Wildman–Crippen LogP) is 0.719. The van der Waals surface area contributed by atoms with Gasteiger partial charge in [-0.05, 0) is 18.8 Å². The van der Waals surface area contributed by atoms with Gasteiger partial charge >= 0.3 is 11.7 Å². The van der Waals surface area contributed by atoms with Crippen LogP contribution in [0.25, 0.3) is 0 Å². The van der Waals surface area contributed by atoms with E-state index < -0.39 is 5.97 Å². The van der Waals surface area contributed by atoms with Gasteiger partial charge in [0, 0.05) is 6.04 Å². The van der Waals surface area contributed by atoms with E-state index in [1.165, 1.54) is 0 Å². The molecule has 2 rings (SSSR count). The van der Waals surface area contributed by atoms with Gasteiger partial charge in [0.1, 0.15) is 0 Å². The number of rotatable bonds is 4. The summed E-state index contributed by atoms with van der Waals surface area (Å²) in [7, 11) is 0. The van der Waals surface area contributed by atoms with Crippen LogP contribution in [0.2, 0.25) is 0 Å². The largest absolute Gasteiger partial charge is 0.481 e. The first kappa shape index (κ1) is 11.3. The van der Waals surface area contributed by atoms with Crippen molar-refractivity contribution in [3.8, 4) is 0 Å². The third kappa shape index (κ3) is 2.13. The maximum atomic E-state index is 11.5. The van der Waals surface area contributed by atoms with Crippen LogP contribution in [0.4, 0.5) is 0 Å². The van der Waals surface area contributed by atoms with Crippen LogP contribution in [0.1, 0.15) is 25.8 Å². The molecular formula is C9H13N3O3S. The Morgan fingerprint density at radius 1 is 1.69 bits per heavy atom. The Morgan fingerprint density at radius 2 is 2.38 bits per heavy atom. The number of aliphatic carboxylic acids is 1. The van der Waals surface area contributed by atoms with Crippen LogP contribution in [0.5, 0.6) is 0 Å². The van der Waals surface area contributed by atoms with Crippen molar-refractivity contribution in [1.29, 1.82) is 0 Å². The minimum absolute atomic E-state index is 0.0768. The molecule has 1 aliphatic carbocycles. The highest BCUT2D eigenvalue weighted by molar-refractivity contribution is 7.99. The highest BCUT2D eigenvalue weighted by Crippen LogP contribution is 2.37. The first-order valence-electron chi connectivity index (χ1n) is 5.09. The number of thioether (sulfide) groups is 1. The minimum Gasteiger partial charge on any atom is -0.481 e. The summed E-state index contributed by atoms with van der Waals surface area (Å²) in [6, 6.07) is 0.178. The lowest BCUT2D eigenvalue weighted by atomic mass is 9.82. The third-order valence-electron chi connectivity index (χ3n) is 2.71. The predicted molar refractivity (Wildman–Crippen MR) is 58.6 cm³/mol. The minimum atomic E-state index is -0.908. The summed E-state index contributed by atoms with van der Waals surface area (Å²) in [5, 5.41) is 15.3. The molecule has 6 nitrogen and oxygen atoms in total. The van der Waals surface area contributed by atoms with E-state index in [9.17, 15) is 9.59 Å². The average molecular weight is 243 g/mol. The maximum Gasteiger partial charge on any atom is 0.344 e. The van der Waals surface area contributed by atoms with Gasteiger partial charge in [-0.2, -0.15) is 0 Å². The molecule has 88 valence electrons. The van der Waals surface area contributed by atoms with Gasteiger partial charge in [-0.25, -0.2) is 9.89 Å². The average Bonchev–Trinajstić information content (AvgIpc) is 2.52. The molecule has 1 fully saturated rings. The summed E-state index contributed by atoms with van der Waals surface area (Å²) in [4.78, 5) is 22.0. The number of hydrogen-bond donors (Lipinski definition) is 2. The molecule has 0 atom stereocenters. The second-order valence-corrected chi connectivity index (χ2v) is 5.04. The molecule has 1 aliphatic rings. The van der Waals surface area contributed by atoms with Crippen molar-refractivity contribution in [3.63, 3.8) is 0 Å². The Labute approximate surface area is 96.0 Å². The molecule has 7 heteroatoms. The number of nitrogens with one attached hydrogen (secondary N) is 1. The fraction of sp³-hybridized carbons (Fsp3) is 0.667. The van der Waals surface area contributed by atoms with E-state index in [4.69, 9.17) is 5.11 Å². The molecule has 0 saturated heterocycles. The van der Waals surface area contributed by atoms with E-state index in [1.54, 1.807) is 4.57 Å². The molecular weight excluding hydrogens is 230 g/mol. The zero-order valence-electron chi connectivity index (χ0n) is 8.84.